The molecule has 0 amide bonds. The van der Waals surface area contributed by atoms with Crippen molar-refractivity contribution in [3.63, 3.8) is 0 Å². The summed E-state index contributed by atoms with van der Waals surface area (Å²) in [5, 5.41) is 0. The Bertz CT molecular complexity index is 924. The van der Waals surface area contributed by atoms with Crippen LogP contribution in [0.2, 0.25) is 0 Å². The molecular weight excluding hydrogens is 332 g/mol. The Morgan fingerprint density at radius 1 is 1.09 bits per heavy atom. The molecule has 0 aliphatic rings. The van der Waals surface area contributed by atoms with Crippen molar-refractivity contribution < 1.29 is 12.8 Å². The third kappa shape index (κ3) is 3.02. The number of hydrogen-bond acceptors (Lipinski definition) is 5. The van der Waals surface area contributed by atoms with Crippen molar-refractivity contribution in [3.8, 4) is 10.6 Å². The second-order valence-electron chi connectivity index (χ2n) is 5.17. The number of aryl methyl sites for hydroxylation is 2. The maximum atomic E-state index is 12.8. The molecule has 0 spiro atoms. The molecule has 5 nitrogen and oxygen atoms in total. The summed E-state index contributed by atoms with van der Waals surface area (Å²) in [6.07, 6.45) is 1.60. The fourth-order valence-corrected chi connectivity index (χ4v) is 4.71. The molecular formula is C16H16N2O3S2. The van der Waals surface area contributed by atoms with Gasteiger partial charge >= 0.3 is 0 Å². The molecule has 0 bridgehead atoms. The quantitative estimate of drug-likeness (QED) is 0.718. The van der Waals surface area contributed by atoms with Crippen molar-refractivity contribution in [2.45, 2.75) is 18.1 Å². The maximum Gasteiger partial charge on any atom is 0.273 e. The first-order valence-corrected chi connectivity index (χ1v) is 9.22. The molecule has 2 heterocycles. The SMILES string of the molecule is Cc1ccc(N(C)S(=O)(=O)c2ccc(-c3cnc(C)o3)s2)cc1. The van der Waals surface area contributed by atoms with Crippen LogP contribution in [0.5, 0.6) is 0 Å². The van der Waals surface area contributed by atoms with Crippen LogP contribution in [-0.4, -0.2) is 20.4 Å². The molecule has 0 aliphatic heterocycles. The first-order chi connectivity index (χ1) is 10.9. The number of aromatic nitrogens is 1. The van der Waals surface area contributed by atoms with Gasteiger partial charge in [-0.2, -0.15) is 0 Å². The highest BCUT2D eigenvalue weighted by molar-refractivity contribution is 7.94. The summed E-state index contributed by atoms with van der Waals surface area (Å²) in [5.41, 5.74) is 1.71. The van der Waals surface area contributed by atoms with E-state index < -0.39 is 10.0 Å². The van der Waals surface area contributed by atoms with Crippen LogP contribution in [-0.2, 0) is 10.0 Å². The Labute approximate surface area is 139 Å². The van der Waals surface area contributed by atoms with Gasteiger partial charge in [-0.3, -0.25) is 4.31 Å². The molecule has 2 aromatic heterocycles. The minimum atomic E-state index is -3.60. The van der Waals surface area contributed by atoms with Crippen molar-refractivity contribution in [1.29, 1.82) is 0 Å². The molecule has 1 aromatic carbocycles. The van der Waals surface area contributed by atoms with Gasteiger partial charge in [0.05, 0.1) is 16.8 Å². The predicted molar refractivity (Wildman–Crippen MR) is 91.3 cm³/mol. The summed E-state index contributed by atoms with van der Waals surface area (Å²) in [5.74, 6) is 1.13. The molecule has 0 radical (unpaired) electrons. The molecule has 0 atom stereocenters. The lowest BCUT2D eigenvalue weighted by molar-refractivity contribution is 0.535. The number of thiophene rings is 1. The number of rotatable bonds is 4. The summed E-state index contributed by atoms with van der Waals surface area (Å²) in [6, 6.07) is 10.7. The number of nitrogens with zero attached hydrogens (tertiary/aromatic N) is 2. The number of anilines is 1. The minimum Gasteiger partial charge on any atom is -0.440 e. The Kier molecular flexibility index (Phi) is 3.99. The summed E-state index contributed by atoms with van der Waals surface area (Å²) >= 11 is 1.17. The average Bonchev–Trinajstić information content (AvgIpc) is 3.16. The lowest BCUT2D eigenvalue weighted by Crippen LogP contribution is -2.25. The van der Waals surface area contributed by atoms with Gasteiger partial charge in [0, 0.05) is 14.0 Å². The van der Waals surface area contributed by atoms with Crippen molar-refractivity contribution >= 4 is 27.0 Å². The van der Waals surface area contributed by atoms with Crippen molar-refractivity contribution in [1.82, 2.24) is 4.98 Å². The van der Waals surface area contributed by atoms with Crippen LogP contribution < -0.4 is 4.31 Å². The van der Waals surface area contributed by atoms with Gasteiger partial charge in [-0.15, -0.1) is 11.3 Å². The van der Waals surface area contributed by atoms with E-state index in [1.54, 1.807) is 44.4 Å². The van der Waals surface area contributed by atoms with Gasteiger partial charge in [0.2, 0.25) is 0 Å². The number of oxazole rings is 1. The van der Waals surface area contributed by atoms with E-state index in [1.807, 2.05) is 19.1 Å². The van der Waals surface area contributed by atoms with E-state index in [2.05, 4.69) is 4.98 Å². The molecule has 0 N–H and O–H groups in total. The molecule has 23 heavy (non-hydrogen) atoms. The molecule has 120 valence electrons. The number of hydrogen-bond donors (Lipinski definition) is 0. The lowest BCUT2D eigenvalue weighted by Gasteiger charge is -2.18. The van der Waals surface area contributed by atoms with Gasteiger partial charge in [-0.05, 0) is 31.2 Å². The summed E-state index contributed by atoms with van der Waals surface area (Å²) < 4.78 is 32.5. The zero-order chi connectivity index (χ0) is 16.6. The largest absolute Gasteiger partial charge is 0.440 e. The number of sulfonamides is 1. The smallest absolute Gasteiger partial charge is 0.273 e. The second-order valence-corrected chi connectivity index (χ2v) is 8.45. The average molecular weight is 348 g/mol. The van der Waals surface area contributed by atoms with Gasteiger partial charge in [-0.25, -0.2) is 13.4 Å². The summed E-state index contributed by atoms with van der Waals surface area (Å²) in [4.78, 5) is 4.77. The first-order valence-electron chi connectivity index (χ1n) is 6.96. The summed E-state index contributed by atoms with van der Waals surface area (Å²) in [6.45, 7) is 3.71. The van der Waals surface area contributed by atoms with E-state index in [9.17, 15) is 8.42 Å². The van der Waals surface area contributed by atoms with Gasteiger partial charge < -0.3 is 4.42 Å². The minimum absolute atomic E-state index is 0.268. The monoisotopic (exact) mass is 348 g/mol. The molecule has 7 heteroatoms. The molecule has 0 unspecified atom stereocenters. The summed E-state index contributed by atoms with van der Waals surface area (Å²) in [7, 11) is -2.04. The van der Waals surface area contributed by atoms with E-state index in [4.69, 9.17) is 4.42 Å². The molecule has 3 aromatic rings. The molecule has 0 fully saturated rings. The van der Waals surface area contributed by atoms with Crippen LogP contribution in [0.1, 0.15) is 11.5 Å². The van der Waals surface area contributed by atoms with E-state index in [0.29, 0.717) is 17.3 Å². The van der Waals surface area contributed by atoms with Crippen molar-refractivity contribution in [2.24, 2.45) is 0 Å². The zero-order valence-electron chi connectivity index (χ0n) is 13.0. The Hall–Kier alpha value is -2.12. The van der Waals surface area contributed by atoms with Gasteiger partial charge in [0.25, 0.3) is 10.0 Å². The maximum absolute atomic E-state index is 12.8. The normalized spacial score (nSPS) is 11.6. The number of benzene rings is 1. The molecule has 0 saturated heterocycles. The van der Waals surface area contributed by atoms with Gasteiger partial charge in [0.15, 0.2) is 11.7 Å². The highest BCUT2D eigenvalue weighted by Crippen LogP contribution is 2.33. The van der Waals surface area contributed by atoms with Crippen LogP contribution in [0.15, 0.2) is 51.2 Å². The van der Waals surface area contributed by atoms with Gasteiger partial charge in [0.1, 0.15) is 4.21 Å². The van der Waals surface area contributed by atoms with Gasteiger partial charge in [-0.1, -0.05) is 17.7 Å². The first kappa shape index (κ1) is 15.8. The fourth-order valence-electron chi connectivity index (χ4n) is 2.09. The third-order valence-corrected chi connectivity index (χ3v) is 6.81. The Morgan fingerprint density at radius 2 is 1.78 bits per heavy atom. The van der Waals surface area contributed by atoms with Crippen LogP contribution in [0.3, 0.4) is 0 Å². The van der Waals surface area contributed by atoms with Crippen LogP contribution in [0.25, 0.3) is 10.6 Å². The predicted octanol–water partition coefficient (Wildman–Crippen LogP) is 3.85. The standard InChI is InChI=1S/C16H16N2O3S2/c1-11-4-6-13(7-5-11)18(3)23(19,20)16-9-8-15(22-16)14-10-17-12(2)21-14/h4-10H,1-3H3. The molecule has 0 aliphatic carbocycles. The third-order valence-electron chi connectivity index (χ3n) is 3.46. The topological polar surface area (TPSA) is 63.4 Å². The van der Waals surface area contributed by atoms with Crippen molar-refractivity contribution in [3.05, 3.63) is 54.0 Å². The Morgan fingerprint density at radius 3 is 2.39 bits per heavy atom. The van der Waals surface area contributed by atoms with E-state index in [0.717, 1.165) is 10.4 Å². The lowest BCUT2D eigenvalue weighted by atomic mass is 10.2. The van der Waals surface area contributed by atoms with E-state index >= 15 is 0 Å². The molecule has 3 rings (SSSR count). The van der Waals surface area contributed by atoms with E-state index in [1.165, 1.54) is 15.6 Å². The Balaban J connectivity index is 1.93. The van der Waals surface area contributed by atoms with Crippen LogP contribution in [0.4, 0.5) is 5.69 Å². The highest BCUT2D eigenvalue weighted by atomic mass is 32.2. The molecule has 0 saturated carbocycles. The zero-order valence-corrected chi connectivity index (χ0v) is 14.6. The highest BCUT2D eigenvalue weighted by Gasteiger charge is 2.24. The van der Waals surface area contributed by atoms with Crippen LogP contribution in [0, 0.1) is 13.8 Å². The fraction of sp³-hybridized carbons (Fsp3) is 0.188. The van der Waals surface area contributed by atoms with E-state index in [-0.39, 0.29) is 4.21 Å². The van der Waals surface area contributed by atoms with Crippen molar-refractivity contribution in [2.75, 3.05) is 11.4 Å². The second kappa shape index (κ2) is 5.82. The van der Waals surface area contributed by atoms with Crippen LogP contribution >= 0.6 is 11.3 Å².